The fourth-order valence-corrected chi connectivity index (χ4v) is 2.48. The number of benzene rings is 2. The fourth-order valence-electron chi connectivity index (χ4n) is 2.48. The van der Waals surface area contributed by atoms with Crippen LogP contribution < -0.4 is 4.74 Å². The molecule has 2 aromatic carbocycles. The van der Waals surface area contributed by atoms with Gasteiger partial charge in [-0.3, -0.25) is 10.1 Å². The van der Waals surface area contributed by atoms with Crippen LogP contribution in [0.4, 0.5) is 10.1 Å². The molecule has 1 aromatic heterocycles. The van der Waals surface area contributed by atoms with Gasteiger partial charge in [-0.25, -0.2) is 9.18 Å². The van der Waals surface area contributed by atoms with Crippen LogP contribution in [-0.4, -0.2) is 20.6 Å². The summed E-state index contributed by atoms with van der Waals surface area (Å²) in [7, 11) is 1.48. The molecule has 1 heterocycles. The van der Waals surface area contributed by atoms with Gasteiger partial charge in [0.1, 0.15) is 17.3 Å². The molecule has 1 N–H and O–H groups in total. The van der Waals surface area contributed by atoms with Gasteiger partial charge in [0, 0.05) is 18.5 Å². The van der Waals surface area contributed by atoms with Gasteiger partial charge >= 0.3 is 5.97 Å². The zero-order valence-electron chi connectivity index (χ0n) is 12.4. The molecule has 0 spiro atoms. The molecule has 8 heteroatoms. The van der Waals surface area contributed by atoms with Gasteiger partial charge in [-0.2, -0.15) is 0 Å². The number of nitrogens with zero attached hydrogens (tertiary/aromatic N) is 2. The van der Waals surface area contributed by atoms with Gasteiger partial charge in [0.15, 0.2) is 5.75 Å². The van der Waals surface area contributed by atoms with Crippen LogP contribution in [0.25, 0.3) is 10.9 Å². The van der Waals surface area contributed by atoms with E-state index >= 15 is 0 Å². The summed E-state index contributed by atoms with van der Waals surface area (Å²) in [4.78, 5) is 21.5. The normalized spacial score (nSPS) is 10.8. The fraction of sp³-hybridized carbons (Fsp3) is 0.0625. The zero-order chi connectivity index (χ0) is 17.4. The van der Waals surface area contributed by atoms with Gasteiger partial charge in [-0.1, -0.05) is 6.07 Å². The minimum atomic E-state index is -1.20. The van der Waals surface area contributed by atoms with E-state index in [-0.39, 0.29) is 33.8 Å². The van der Waals surface area contributed by atoms with E-state index in [1.807, 2.05) is 0 Å². The van der Waals surface area contributed by atoms with E-state index in [2.05, 4.69) is 0 Å². The highest BCUT2D eigenvalue weighted by Gasteiger charge is 2.19. The third-order valence-electron chi connectivity index (χ3n) is 3.58. The maximum absolute atomic E-state index is 14.0. The molecule has 0 unspecified atom stereocenters. The van der Waals surface area contributed by atoms with Crippen molar-refractivity contribution in [1.29, 1.82) is 0 Å². The predicted molar refractivity (Wildman–Crippen MR) is 83.0 cm³/mol. The highest BCUT2D eigenvalue weighted by molar-refractivity contribution is 5.97. The Morgan fingerprint density at radius 1 is 1.29 bits per heavy atom. The quantitative estimate of drug-likeness (QED) is 0.581. The number of hydrogen-bond donors (Lipinski definition) is 1. The third-order valence-corrected chi connectivity index (χ3v) is 3.58. The van der Waals surface area contributed by atoms with Crippen molar-refractivity contribution in [1.82, 2.24) is 4.57 Å². The molecule has 0 amide bonds. The maximum Gasteiger partial charge on any atom is 0.352 e. The molecule has 122 valence electrons. The average Bonchev–Trinajstić information content (AvgIpc) is 2.89. The lowest BCUT2D eigenvalue weighted by Gasteiger charge is -2.09. The minimum Gasteiger partial charge on any atom is -0.477 e. The van der Waals surface area contributed by atoms with Crippen molar-refractivity contribution in [3.8, 4) is 11.5 Å². The van der Waals surface area contributed by atoms with Crippen molar-refractivity contribution >= 4 is 22.6 Å². The van der Waals surface area contributed by atoms with Crippen LogP contribution >= 0.6 is 0 Å². The molecule has 0 aliphatic rings. The van der Waals surface area contributed by atoms with Crippen molar-refractivity contribution in [3.63, 3.8) is 0 Å². The topological polar surface area (TPSA) is 94.6 Å². The summed E-state index contributed by atoms with van der Waals surface area (Å²) in [6.07, 6.45) is 0. The van der Waals surface area contributed by atoms with Gasteiger partial charge in [-0.05, 0) is 24.3 Å². The van der Waals surface area contributed by atoms with E-state index in [0.29, 0.717) is 0 Å². The molecule has 7 nitrogen and oxygen atoms in total. The Balaban J connectivity index is 2.13. The van der Waals surface area contributed by atoms with Crippen molar-refractivity contribution in [2.24, 2.45) is 7.05 Å². The molecular weight excluding hydrogens is 319 g/mol. The first-order valence-electron chi connectivity index (χ1n) is 6.82. The number of carbonyl (C=O) groups is 1. The molecule has 0 saturated heterocycles. The van der Waals surface area contributed by atoms with Crippen molar-refractivity contribution in [2.75, 3.05) is 0 Å². The molecule has 3 rings (SSSR count). The molecule has 0 bridgehead atoms. The molecule has 24 heavy (non-hydrogen) atoms. The molecule has 0 fully saturated rings. The first-order valence-corrected chi connectivity index (χ1v) is 6.82. The lowest BCUT2D eigenvalue weighted by atomic mass is 10.2. The predicted octanol–water partition coefficient (Wildman–Crippen LogP) is 3.72. The van der Waals surface area contributed by atoms with E-state index in [4.69, 9.17) is 4.74 Å². The highest BCUT2D eigenvalue weighted by atomic mass is 19.1. The number of halogens is 1. The Morgan fingerprint density at radius 2 is 2.04 bits per heavy atom. The Kier molecular flexibility index (Phi) is 3.64. The number of aryl methyl sites for hydroxylation is 1. The Morgan fingerprint density at radius 3 is 2.71 bits per heavy atom. The van der Waals surface area contributed by atoms with Gasteiger partial charge in [0.2, 0.25) is 0 Å². The lowest BCUT2D eigenvalue weighted by Crippen LogP contribution is -2.04. The molecular formula is C16H11FN2O5. The van der Waals surface area contributed by atoms with Crippen LogP contribution in [0.1, 0.15) is 10.5 Å². The summed E-state index contributed by atoms with van der Waals surface area (Å²) in [5, 5.41) is 20.1. The van der Waals surface area contributed by atoms with Crippen LogP contribution in [-0.2, 0) is 7.05 Å². The second-order valence-corrected chi connectivity index (χ2v) is 5.06. The second-order valence-electron chi connectivity index (χ2n) is 5.06. The number of hydrogen-bond acceptors (Lipinski definition) is 4. The highest BCUT2D eigenvalue weighted by Crippen LogP contribution is 2.34. The van der Waals surface area contributed by atoms with Crippen LogP contribution in [0.3, 0.4) is 0 Å². The van der Waals surface area contributed by atoms with E-state index in [9.17, 15) is 24.4 Å². The number of aromatic carboxylic acids is 1. The van der Waals surface area contributed by atoms with E-state index in [1.165, 1.54) is 48.0 Å². The van der Waals surface area contributed by atoms with Crippen LogP contribution in [0.15, 0.2) is 42.5 Å². The van der Waals surface area contributed by atoms with Crippen molar-refractivity contribution < 1.29 is 24.0 Å². The van der Waals surface area contributed by atoms with Gasteiger partial charge in [0.25, 0.3) is 5.69 Å². The number of carboxylic acids is 1. The first kappa shape index (κ1) is 15.5. The lowest BCUT2D eigenvalue weighted by molar-refractivity contribution is -0.384. The first-order chi connectivity index (χ1) is 11.4. The summed E-state index contributed by atoms with van der Waals surface area (Å²) in [5.74, 6) is -1.40. The second kappa shape index (κ2) is 5.65. The number of fused-ring (bicyclic) bond motifs is 1. The number of nitro benzene ring substituents is 1. The monoisotopic (exact) mass is 330 g/mol. The van der Waals surface area contributed by atoms with Crippen LogP contribution in [0, 0.1) is 15.9 Å². The summed E-state index contributed by atoms with van der Waals surface area (Å²) in [6, 6.07) is 9.25. The summed E-state index contributed by atoms with van der Waals surface area (Å²) < 4.78 is 20.9. The van der Waals surface area contributed by atoms with Crippen LogP contribution in [0.2, 0.25) is 0 Å². The van der Waals surface area contributed by atoms with Gasteiger partial charge in [0.05, 0.1) is 16.5 Å². The third kappa shape index (κ3) is 2.54. The summed E-state index contributed by atoms with van der Waals surface area (Å²) in [6.45, 7) is 0. The summed E-state index contributed by atoms with van der Waals surface area (Å²) >= 11 is 0. The number of ether oxygens (including phenoxy) is 1. The number of nitro groups is 1. The Hall–Kier alpha value is -3.42. The molecule has 0 aliphatic heterocycles. The molecule has 0 radical (unpaired) electrons. The molecule has 0 aliphatic carbocycles. The van der Waals surface area contributed by atoms with Crippen molar-refractivity contribution in [2.45, 2.75) is 0 Å². The largest absolute Gasteiger partial charge is 0.477 e. The van der Waals surface area contributed by atoms with E-state index in [0.717, 1.165) is 6.07 Å². The van der Waals surface area contributed by atoms with Gasteiger partial charge in [-0.15, -0.1) is 0 Å². The van der Waals surface area contributed by atoms with Crippen molar-refractivity contribution in [3.05, 3.63) is 64.1 Å². The Bertz CT molecular complexity index is 980. The number of aromatic nitrogens is 1. The zero-order valence-corrected chi connectivity index (χ0v) is 12.4. The number of carboxylic acid groups (broad SMARTS) is 1. The van der Waals surface area contributed by atoms with Crippen LogP contribution in [0.5, 0.6) is 11.5 Å². The van der Waals surface area contributed by atoms with Gasteiger partial charge < -0.3 is 14.4 Å². The number of rotatable bonds is 4. The molecule has 3 aromatic rings. The summed E-state index contributed by atoms with van der Waals surface area (Å²) in [5.41, 5.74) is 0.00172. The number of non-ortho nitro benzene ring substituents is 1. The molecule has 0 atom stereocenters. The van der Waals surface area contributed by atoms with E-state index < -0.39 is 16.7 Å². The smallest absolute Gasteiger partial charge is 0.352 e. The SMILES string of the molecule is Cn1c(C(=O)O)cc2c(F)ccc(Oc3cccc([N+](=O)[O-])c3)c21. The van der Waals surface area contributed by atoms with E-state index in [1.54, 1.807) is 0 Å². The average molecular weight is 330 g/mol. The standard InChI is InChI=1S/C16H11FN2O5/c1-18-13(16(20)21)8-11-12(17)5-6-14(15(11)18)24-10-4-2-3-9(7-10)19(22)23/h2-8H,1H3,(H,20,21). The molecule has 0 saturated carbocycles. The Labute approximate surface area is 134 Å². The minimum absolute atomic E-state index is 0.0952. The maximum atomic E-state index is 14.0.